The van der Waals surface area contributed by atoms with Crippen LogP contribution in [0.4, 0.5) is 0 Å². The Balaban J connectivity index is 2.46. The van der Waals surface area contributed by atoms with Crippen LogP contribution in [0.15, 0.2) is 24.3 Å². The third-order valence-electron chi connectivity index (χ3n) is 3.46. The van der Waals surface area contributed by atoms with Crippen LogP contribution in [0.2, 0.25) is 0 Å². The summed E-state index contributed by atoms with van der Waals surface area (Å²) in [7, 11) is 3.78. The van der Waals surface area contributed by atoms with Gasteiger partial charge in [-0.3, -0.25) is 0 Å². The van der Waals surface area contributed by atoms with Gasteiger partial charge in [0.2, 0.25) is 0 Å². The van der Waals surface area contributed by atoms with Crippen molar-refractivity contribution in [1.29, 1.82) is 0 Å². The van der Waals surface area contributed by atoms with Gasteiger partial charge in [0, 0.05) is 19.7 Å². The summed E-state index contributed by atoms with van der Waals surface area (Å²) in [5.41, 5.74) is 2.18. The van der Waals surface area contributed by atoms with E-state index in [9.17, 15) is 5.11 Å². The quantitative estimate of drug-likeness (QED) is 0.807. The maximum atomic E-state index is 10.2. The Bertz CT molecular complexity index is 354. The lowest BCUT2D eigenvalue weighted by Crippen LogP contribution is -2.34. The molecule has 2 unspecified atom stereocenters. The third kappa shape index (κ3) is 4.41. The average Bonchev–Trinajstić information content (AvgIpc) is 2.36. The molecular weight excluding hydrogens is 226 g/mol. The van der Waals surface area contributed by atoms with Crippen LogP contribution >= 0.6 is 0 Å². The van der Waals surface area contributed by atoms with Crippen molar-refractivity contribution in [2.45, 2.75) is 32.4 Å². The van der Waals surface area contributed by atoms with Gasteiger partial charge in [-0.2, -0.15) is 0 Å². The van der Waals surface area contributed by atoms with Gasteiger partial charge >= 0.3 is 0 Å². The normalized spacial score (nSPS) is 14.8. The highest BCUT2D eigenvalue weighted by Crippen LogP contribution is 2.20. The van der Waals surface area contributed by atoms with E-state index in [0.717, 1.165) is 30.7 Å². The molecule has 0 aliphatic heterocycles. The molecule has 0 saturated heterocycles. The van der Waals surface area contributed by atoms with Gasteiger partial charge in [-0.15, -0.1) is 0 Å². The summed E-state index contributed by atoms with van der Waals surface area (Å²) in [5.74, 6) is 0. The first kappa shape index (κ1) is 15.2. The van der Waals surface area contributed by atoms with E-state index in [0.29, 0.717) is 6.04 Å². The van der Waals surface area contributed by atoms with Crippen molar-refractivity contribution in [3.8, 4) is 0 Å². The van der Waals surface area contributed by atoms with E-state index in [4.69, 9.17) is 4.74 Å². The van der Waals surface area contributed by atoms with E-state index in [2.05, 4.69) is 18.9 Å². The van der Waals surface area contributed by atoms with Gasteiger partial charge < -0.3 is 14.7 Å². The van der Waals surface area contributed by atoms with Crippen molar-refractivity contribution in [3.05, 3.63) is 35.4 Å². The van der Waals surface area contributed by atoms with E-state index >= 15 is 0 Å². The molecule has 0 fully saturated rings. The number of hydrogen-bond acceptors (Lipinski definition) is 3. The standard InChI is InChI=1S/C15H25NO2/c1-12-7-5-6-8-14(12)15(17)9-10-16(3)13(2)11-18-4/h5-8,13,15,17H,9-11H2,1-4H3. The fourth-order valence-corrected chi connectivity index (χ4v) is 2.03. The second-order valence-electron chi connectivity index (χ2n) is 4.95. The van der Waals surface area contributed by atoms with E-state index in [1.165, 1.54) is 0 Å². The molecule has 2 atom stereocenters. The molecule has 18 heavy (non-hydrogen) atoms. The zero-order valence-electron chi connectivity index (χ0n) is 11.9. The lowest BCUT2D eigenvalue weighted by molar-refractivity contribution is 0.0959. The first-order valence-electron chi connectivity index (χ1n) is 6.49. The molecular formula is C15H25NO2. The smallest absolute Gasteiger partial charge is 0.0804 e. The monoisotopic (exact) mass is 251 g/mol. The Hall–Kier alpha value is -0.900. The number of aryl methyl sites for hydroxylation is 1. The number of aliphatic hydroxyl groups excluding tert-OH is 1. The molecule has 0 aliphatic carbocycles. The first-order valence-corrected chi connectivity index (χ1v) is 6.49. The summed E-state index contributed by atoms with van der Waals surface area (Å²) in [5, 5.41) is 10.2. The lowest BCUT2D eigenvalue weighted by Gasteiger charge is -2.25. The van der Waals surface area contributed by atoms with E-state index in [-0.39, 0.29) is 6.10 Å². The van der Waals surface area contributed by atoms with Crippen LogP contribution in [0.5, 0.6) is 0 Å². The summed E-state index contributed by atoms with van der Waals surface area (Å²) in [6.45, 7) is 5.75. The molecule has 0 heterocycles. The zero-order valence-corrected chi connectivity index (χ0v) is 11.9. The van der Waals surface area contributed by atoms with Gasteiger partial charge in [-0.1, -0.05) is 24.3 Å². The fraction of sp³-hybridized carbons (Fsp3) is 0.600. The number of aliphatic hydroxyl groups is 1. The molecule has 3 heteroatoms. The Morgan fingerprint density at radius 1 is 1.33 bits per heavy atom. The second-order valence-corrected chi connectivity index (χ2v) is 4.95. The number of rotatable bonds is 7. The molecule has 3 nitrogen and oxygen atoms in total. The lowest BCUT2D eigenvalue weighted by atomic mass is 10.0. The molecule has 0 bridgehead atoms. The number of benzene rings is 1. The van der Waals surface area contributed by atoms with Gasteiger partial charge in [0.05, 0.1) is 12.7 Å². The van der Waals surface area contributed by atoms with Crippen molar-refractivity contribution in [2.24, 2.45) is 0 Å². The SMILES string of the molecule is COCC(C)N(C)CCC(O)c1ccccc1C. The molecule has 1 rings (SSSR count). The summed E-state index contributed by atoms with van der Waals surface area (Å²) >= 11 is 0. The molecule has 1 N–H and O–H groups in total. The topological polar surface area (TPSA) is 32.7 Å². The van der Waals surface area contributed by atoms with Crippen LogP contribution in [0.1, 0.15) is 30.6 Å². The van der Waals surface area contributed by atoms with Gasteiger partial charge in [-0.05, 0) is 38.4 Å². The molecule has 0 spiro atoms. The Morgan fingerprint density at radius 2 is 2.00 bits per heavy atom. The third-order valence-corrected chi connectivity index (χ3v) is 3.46. The van der Waals surface area contributed by atoms with Crippen LogP contribution in [0, 0.1) is 6.92 Å². The zero-order chi connectivity index (χ0) is 13.5. The van der Waals surface area contributed by atoms with Gasteiger partial charge in [0.15, 0.2) is 0 Å². The van der Waals surface area contributed by atoms with Crippen molar-refractivity contribution in [3.63, 3.8) is 0 Å². The van der Waals surface area contributed by atoms with Crippen LogP contribution < -0.4 is 0 Å². The fourth-order valence-electron chi connectivity index (χ4n) is 2.03. The van der Waals surface area contributed by atoms with E-state index in [1.807, 2.05) is 31.2 Å². The van der Waals surface area contributed by atoms with Crippen molar-refractivity contribution in [2.75, 3.05) is 27.3 Å². The minimum absolute atomic E-state index is 0.374. The minimum Gasteiger partial charge on any atom is -0.388 e. The van der Waals surface area contributed by atoms with Crippen molar-refractivity contribution >= 4 is 0 Å². The van der Waals surface area contributed by atoms with Crippen LogP contribution in [0.3, 0.4) is 0 Å². The molecule has 0 aliphatic rings. The molecule has 0 radical (unpaired) electrons. The predicted octanol–water partition coefficient (Wildman–Crippen LogP) is 2.39. The van der Waals surface area contributed by atoms with E-state index in [1.54, 1.807) is 7.11 Å². The van der Waals surface area contributed by atoms with Gasteiger partial charge in [-0.25, -0.2) is 0 Å². The molecule has 1 aromatic rings. The summed E-state index contributed by atoms with van der Waals surface area (Å²) in [6.07, 6.45) is 0.360. The van der Waals surface area contributed by atoms with Crippen molar-refractivity contribution < 1.29 is 9.84 Å². The van der Waals surface area contributed by atoms with Gasteiger partial charge in [0.1, 0.15) is 0 Å². The largest absolute Gasteiger partial charge is 0.388 e. The number of likely N-dealkylation sites (N-methyl/N-ethyl adjacent to an activating group) is 1. The summed E-state index contributed by atoms with van der Waals surface area (Å²) in [4.78, 5) is 2.21. The number of hydrogen-bond donors (Lipinski definition) is 1. The first-order chi connectivity index (χ1) is 8.56. The number of ether oxygens (including phenoxy) is 1. The molecule has 1 aromatic carbocycles. The summed E-state index contributed by atoms with van der Waals surface area (Å²) < 4.78 is 5.13. The van der Waals surface area contributed by atoms with E-state index < -0.39 is 0 Å². The number of nitrogens with zero attached hydrogens (tertiary/aromatic N) is 1. The Labute approximate surface area is 110 Å². The number of methoxy groups -OCH3 is 1. The maximum Gasteiger partial charge on any atom is 0.0804 e. The van der Waals surface area contributed by atoms with Crippen LogP contribution in [-0.4, -0.2) is 43.4 Å². The van der Waals surface area contributed by atoms with Crippen LogP contribution in [-0.2, 0) is 4.74 Å². The maximum absolute atomic E-state index is 10.2. The van der Waals surface area contributed by atoms with Gasteiger partial charge in [0.25, 0.3) is 0 Å². The minimum atomic E-state index is -0.386. The molecule has 0 aromatic heterocycles. The average molecular weight is 251 g/mol. The molecule has 102 valence electrons. The highest BCUT2D eigenvalue weighted by Gasteiger charge is 2.13. The summed E-state index contributed by atoms with van der Waals surface area (Å²) in [6, 6.07) is 8.38. The van der Waals surface area contributed by atoms with Crippen molar-refractivity contribution in [1.82, 2.24) is 4.90 Å². The Kier molecular flexibility index (Phi) is 6.33. The van der Waals surface area contributed by atoms with Crippen LogP contribution in [0.25, 0.3) is 0 Å². The Morgan fingerprint density at radius 3 is 2.61 bits per heavy atom. The molecule has 0 saturated carbocycles. The highest BCUT2D eigenvalue weighted by atomic mass is 16.5. The highest BCUT2D eigenvalue weighted by molar-refractivity contribution is 5.27. The second kappa shape index (κ2) is 7.52. The molecule has 0 amide bonds. The predicted molar refractivity (Wildman–Crippen MR) is 74.7 cm³/mol.